The molecule has 3 rings (SSSR count). The summed E-state index contributed by atoms with van der Waals surface area (Å²) in [6, 6.07) is 14.2. The molecule has 7 nitrogen and oxygen atoms in total. The first-order chi connectivity index (χ1) is 14.5. The zero-order chi connectivity index (χ0) is 21.3. The predicted molar refractivity (Wildman–Crippen MR) is 109 cm³/mol. The van der Waals surface area contributed by atoms with Crippen LogP contribution in [-0.2, 0) is 22.6 Å². The Morgan fingerprint density at radius 2 is 1.80 bits per heavy atom. The first kappa shape index (κ1) is 21.2. The van der Waals surface area contributed by atoms with E-state index in [4.69, 9.17) is 4.52 Å². The van der Waals surface area contributed by atoms with Crippen LogP contribution in [0.25, 0.3) is 11.4 Å². The van der Waals surface area contributed by atoms with E-state index in [1.807, 2.05) is 30.3 Å². The second-order valence-electron chi connectivity index (χ2n) is 6.84. The van der Waals surface area contributed by atoms with Gasteiger partial charge < -0.3 is 15.2 Å². The number of carbonyl (C=O) groups excluding carboxylic acids is 2. The molecule has 0 atom stereocenters. The molecular formula is C22H23FN4O3. The molecule has 0 saturated carbocycles. The number of nitrogens with zero attached hydrogens (tertiary/aromatic N) is 2. The number of hydrogen-bond donors (Lipinski definition) is 2. The topological polar surface area (TPSA) is 97.1 Å². The molecule has 1 heterocycles. The summed E-state index contributed by atoms with van der Waals surface area (Å²) in [5.41, 5.74) is 2.16. The van der Waals surface area contributed by atoms with Gasteiger partial charge in [0.05, 0.1) is 0 Å². The van der Waals surface area contributed by atoms with Crippen molar-refractivity contribution in [2.24, 2.45) is 0 Å². The van der Waals surface area contributed by atoms with Crippen molar-refractivity contribution in [3.63, 3.8) is 0 Å². The number of rotatable bonds is 9. The van der Waals surface area contributed by atoms with Gasteiger partial charge >= 0.3 is 0 Å². The number of carbonyl (C=O) groups is 2. The summed E-state index contributed by atoms with van der Waals surface area (Å²) in [6.45, 7) is 2.37. The lowest BCUT2D eigenvalue weighted by Gasteiger charge is -2.06. The van der Waals surface area contributed by atoms with Gasteiger partial charge in [-0.3, -0.25) is 9.59 Å². The molecule has 0 bridgehead atoms. The second-order valence-corrected chi connectivity index (χ2v) is 6.84. The molecule has 2 amide bonds. The molecule has 0 aliphatic heterocycles. The number of amides is 2. The van der Waals surface area contributed by atoms with Gasteiger partial charge in [0.25, 0.3) is 0 Å². The lowest BCUT2D eigenvalue weighted by atomic mass is 10.1. The van der Waals surface area contributed by atoms with Crippen LogP contribution in [0.3, 0.4) is 0 Å². The van der Waals surface area contributed by atoms with Crippen molar-refractivity contribution < 1.29 is 18.5 Å². The van der Waals surface area contributed by atoms with Gasteiger partial charge in [0.1, 0.15) is 5.82 Å². The Kier molecular flexibility index (Phi) is 7.26. The van der Waals surface area contributed by atoms with Crippen molar-refractivity contribution in [2.45, 2.75) is 32.7 Å². The molecule has 0 saturated heterocycles. The van der Waals surface area contributed by atoms with Crippen molar-refractivity contribution in [3.05, 3.63) is 71.4 Å². The Balaban J connectivity index is 1.36. The van der Waals surface area contributed by atoms with Gasteiger partial charge in [0.15, 0.2) is 0 Å². The second kappa shape index (κ2) is 10.3. The molecule has 0 fully saturated rings. The standard InChI is InChI=1S/C22H23FN4O3/c1-15-13-17(7-8-18(15)23)22-26-21(30-27-22)10-9-19(28)24-12-11-20(29)25-14-16-5-3-2-4-6-16/h2-8,13H,9-12,14H2,1H3,(H,24,28)(H,25,29). The normalized spacial score (nSPS) is 10.6. The van der Waals surface area contributed by atoms with Crippen LogP contribution in [0.15, 0.2) is 53.1 Å². The lowest BCUT2D eigenvalue weighted by Crippen LogP contribution is -2.30. The number of nitrogens with one attached hydrogen (secondary N) is 2. The SMILES string of the molecule is Cc1cc(-c2noc(CCC(=O)NCCC(=O)NCc3ccccc3)n2)ccc1F. The average Bonchev–Trinajstić information content (AvgIpc) is 3.22. The predicted octanol–water partition coefficient (Wildman–Crippen LogP) is 2.94. The Hall–Kier alpha value is -3.55. The molecule has 30 heavy (non-hydrogen) atoms. The van der Waals surface area contributed by atoms with Crippen molar-refractivity contribution in [3.8, 4) is 11.4 Å². The molecule has 0 radical (unpaired) electrons. The lowest BCUT2D eigenvalue weighted by molar-refractivity contribution is -0.122. The fourth-order valence-electron chi connectivity index (χ4n) is 2.77. The highest BCUT2D eigenvalue weighted by molar-refractivity contribution is 5.79. The zero-order valence-electron chi connectivity index (χ0n) is 16.7. The Labute approximate surface area is 173 Å². The summed E-state index contributed by atoms with van der Waals surface area (Å²) < 4.78 is 18.5. The smallest absolute Gasteiger partial charge is 0.227 e. The summed E-state index contributed by atoms with van der Waals surface area (Å²) >= 11 is 0. The summed E-state index contributed by atoms with van der Waals surface area (Å²) in [7, 11) is 0. The van der Waals surface area contributed by atoms with Crippen molar-refractivity contribution in [1.82, 2.24) is 20.8 Å². The Morgan fingerprint density at radius 3 is 2.57 bits per heavy atom. The van der Waals surface area contributed by atoms with Crippen LogP contribution in [0.1, 0.15) is 29.9 Å². The number of benzene rings is 2. The van der Waals surface area contributed by atoms with Crippen LogP contribution in [0, 0.1) is 12.7 Å². The monoisotopic (exact) mass is 410 g/mol. The van der Waals surface area contributed by atoms with Gasteiger partial charge in [-0.05, 0) is 36.2 Å². The molecule has 156 valence electrons. The minimum atomic E-state index is -0.298. The van der Waals surface area contributed by atoms with Gasteiger partial charge in [-0.2, -0.15) is 4.98 Å². The molecule has 0 aliphatic carbocycles. The molecule has 0 unspecified atom stereocenters. The minimum Gasteiger partial charge on any atom is -0.356 e. The molecule has 0 aliphatic rings. The molecule has 8 heteroatoms. The molecule has 1 aromatic heterocycles. The highest BCUT2D eigenvalue weighted by Gasteiger charge is 2.12. The van der Waals surface area contributed by atoms with Crippen LogP contribution >= 0.6 is 0 Å². The highest BCUT2D eigenvalue weighted by atomic mass is 19.1. The fourth-order valence-corrected chi connectivity index (χ4v) is 2.77. The van der Waals surface area contributed by atoms with Crippen LogP contribution in [0.4, 0.5) is 4.39 Å². The number of hydrogen-bond acceptors (Lipinski definition) is 5. The summed E-state index contributed by atoms with van der Waals surface area (Å²) in [4.78, 5) is 28.0. The Bertz CT molecular complexity index is 1000. The third-order valence-electron chi connectivity index (χ3n) is 4.46. The van der Waals surface area contributed by atoms with E-state index in [0.29, 0.717) is 29.4 Å². The van der Waals surface area contributed by atoms with Crippen LogP contribution in [0.2, 0.25) is 0 Å². The first-order valence-corrected chi connectivity index (χ1v) is 9.67. The van der Waals surface area contributed by atoms with E-state index in [1.165, 1.54) is 6.07 Å². The van der Waals surface area contributed by atoms with Crippen LogP contribution in [0.5, 0.6) is 0 Å². The van der Waals surface area contributed by atoms with Crippen molar-refractivity contribution in [1.29, 1.82) is 0 Å². The van der Waals surface area contributed by atoms with Gasteiger partial charge in [-0.15, -0.1) is 0 Å². The maximum Gasteiger partial charge on any atom is 0.227 e. The zero-order valence-corrected chi connectivity index (χ0v) is 16.7. The molecule has 0 spiro atoms. The maximum atomic E-state index is 13.4. The minimum absolute atomic E-state index is 0.129. The molecule has 3 aromatic rings. The fraction of sp³-hybridized carbons (Fsp3) is 0.273. The van der Waals surface area contributed by atoms with Crippen molar-refractivity contribution >= 4 is 11.8 Å². The highest BCUT2D eigenvalue weighted by Crippen LogP contribution is 2.19. The van der Waals surface area contributed by atoms with E-state index >= 15 is 0 Å². The number of halogens is 1. The van der Waals surface area contributed by atoms with Crippen LogP contribution < -0.4 is 10.6 Å². The van der Waals surface area contributed by atoms with E-state index in [1.54, 1.807) is 19.1 Å². The first-order valence-electron chi connectivity index (χ1n) is 9.67. The molecular weight excluding hydrogens is 387 g/mol. The summed E-state index contributed by atoms with van der Waals surface area (Å²) in [5.74, 6) is 0.0396. The maximum absolute atomic E-state index is 13.4. The van der Waals surface area contributed by atoms with Crippen LogP contribution in [-0.4, -0.2) is 28.5 Å². The van der Waals surface area contributed by atoms with E-state index in [9.17, 15) is 14.0 Å². The quantitative estimate of drug-likeness (QED) is 0.565. The molecule has 2 aromatic carbocycles. The molecule has 2 N–H and O–H groups in total. The third-order valence-corrected chi connectivity index (χ3v) is 4.46. The van der Waals surface area contributed by atoms with E-state index in [-0.39, 0.29) is 43.4 Å². The van der Waals surface area contributed by atoms with Crippen molar-refractivity contribution in [2.75, 3.05) is 6.54 Å². The van der Waals surface area contributed by atoms with E-state index < -0.39 is 0 Å². The largest absolute Gasteiger partial charge is 0.356 e. The van der Waals surface area contributed by atoms with Gasteiger partial charge in [0, 0.05) is 37.9 Å². The number of aromatic nitrogens is 2. The third kappa shape index (κ3) is 6.23. The van der Waals surface area contributed by atoms with Gasteiger partial charge in [0.2, 0.25) is 23.5 Å². The summed E-state index contributed by atoms with van der Waals surface area (Å²) in [5, 5.41) is 9.38. The van der Waals surface area contributed by atoms with E-state index in [0.717, 1.165) is 5.56 Å². The van der Waals surface area contributed by atoms with E-state index in [2.05, 4.69) is 20.8 Å². The Morgan fingerprint density at radius 1 is 1.03 bits per heavy atom. The number of aryl methyl sites for hydroxylation is 2. The van der Waals surface area contributed by atoms with Gasteiger partial charge in [-0.25, -0.2) is 4.39 Å². The van der Waals surface area contributed by atoms with Gasteiger partial charge in [-0.1, -0.05) is 35.5 Å². The average molecular weight is 410 g/mol. The summed E-state index contributed by atoms with van der Waals surface area (Å²) in [6.07, 6.45) is 0.641.